The highest BCUT2D eigenvalue weighted by molar-refractivity contribution is 7.47. The number of quaternary nitrogens is 1. The number of nitrogens with zero attached hydrogens (tertiary/aromatic N) is 1. The SMILES string of the molecule is CC/C=C\C/C=C\C/C=C\C/C=C\C/C=C\C/C=C\CCCCC(=O)OC(/C=C/CCCCCCCCCCCCC)C(COP(=O)(O)OCC[N+](C)(C)C)NC(=O)CCCCCCCCCCCCCCCCCCC. The molecule has 0 saturated carbocycles. The minimum Gasteiger partial charge on any atom is -0.456 e. The molecule has 3 atom stereocenters. The number of phosphoric ester groups is 1. The summed E-state index contributed by atoms with van der Waals surface area (Å²) in [6.07, 6.45) is 74.4. The van der Waals surface area contributed by atoms with Crippen LogP contribution in [0.3, 0.4) is 0 Å². The number of allylic oxidation sites excluding steroid dienone is 13. The number of carbonyl (C=O) groups is 2. The van der Waals surface area contributed by atoms with Gasteiger partial charge in [0, 0.05) is 12.8 Å². The summed E-state index contributed by atoms with van der Waals surface area (Å²) in [5, 5.41) is 3.05. The molecule has 0 aliphatic heterocycles. The van der Waals surface area contributed by atoms with Crippen LogP contribution < -0.4 is 5.32 Å². The first-order valence-corrected chi connectivity index (χ1v) is 33.4. The zero-order valence-electron chi connectivity index (χ0n) is 50.9. The molecule has 0 bridgehead atoms. The summed E-state index contributed by atoms with van der Waals surface area (Å²) in [4.78, 5) is 37.7. The molecule has 77 heavy (non-hydrogen) atoms. The highest BCUT2D eigenvalue weighted by atomic mass is 31.2. The number of hydrogen-bond acceptors (Lipinski definition) is 6. The Labute approximate surface area is 476 Å². The largest absolute Gasteiger partial charge is 0.472 e. The van der Waals surface area contributed by atoms with E-state index in [0.29, 0.717) is 23.9 Å². The molecular formula is C67H122N2O7P+. The fourth-order valence-corrected chi connectivity index (χ4v) is 9.68. The van der Waals surface area contributed by atoms with Crippen molar-refractivity contribution in [2.45, 2.75) is 290 Å². The van der Waals surface area contributed by atoms with E-state index < -0.39 is 20.0 Å². The average Bonchev–Trinajstić information content (AvgIpc) is 3.39. The summed E-state index contributed by atoms with van der Waals surface area (Å²) < 4.78 is 30.7. The Morgan fingerprint density at radius 1 is 0.468 bits per heavy atom. The highest BCUT2D eigenvalue weighted by Crippen LogP contribution is 2.43. The molecule has 0 radical (unpaired) electrons. The highest BCUT2D eigenvalue weighted by Gasteiger charge is 2.30. The zero-order chi connectivity index (χ0) is 56.4. The number of amides is 1. The van der Waals surface area contributed by atoms with Crippen LogP contribution in [0.25, 0.3) is 0 Å². The Balaban J connectivity index is 5.34. The van der Waals surface area contributed by atoms with Crippen LogP contribution in [-0.4, -0.2) is 74.3 Å². The molecule has 0 aliphatic carbocycles. The molecule has 0 aromatic heterocycles. The first kappa shape index (κ1) is 74.2. The van der Waals surface area contributed by atoms with E-state index in [1.54, 1.807) is 0 Å². The van der Waals surface area contributed by atoms with Gasteiger partial charge in [0.25, 0.3) is 0 Å². The smallest absolute Gasteiger partial charge is 0.456 e. The van der Waals surface area contributed by atoms with Crippen LogP contribution in [0.2, 0.25) is 0 Å². The van der Waals surface area contributed by atoms with Gasteiger partial charge in [0.1, 0.15) is 19.3 Å². The quantitative estimate of drug-likeness (QED) is 0.0205. The predicted octanol–water partition coefficient (Wildman–Crippen LogP) is 19.8. The van der Waals surface area contributed by atoms with E-state index in [9.17, 15) is 19.0 Å². The van der Waals surface area contributed by atoms with Crippen LogP contribution in [0.15, 0.2) is 85.1 Å². The standard InChI is InChI=1S/C67H121N2O7P/c1-7-10-13-16-19-22-25-28-30-32-33-34-35-37-39-42-45-48-51-54-57-60-67(71)76-65(58-55-52-49-46-43-40-27-24-21-18-15-12-9-3)64(63-75-77(72,73)74-62-61-69(4,5)6)68-66(70)59-56-53-50-47-44-41-38-36-31-29-26-23-20-17-14-11-8-2/h10,13,19,22,28,30,33-34,37,39,45,48,55,58,64-65H,7-9,11-12,14-18,20-21,23-27,29,31-32,35-36,38,40-44,46-47,49-54,56-57,59-63H2,1-6H3,(H-,68,70,72,73)/p+1/b13-10-,22-19-,30-28-,34-33-,39-37-,48-45-,58-55+. The van der Waals surface area contributed by atoms with Gasteiger partial charge in [-0.15, -0.1) is 0 Å². The Bertz CT molecular complexity index is 1590. The van der Waals surface area contributed by atoms with Crippen molar-refractivity contribution in [2.24, 2.45) is 0 Å². The molecule has 0 aromatic carbocycles. The van der Waals surface area contributed by atoms with Crippen LogP contribution in [-0.2, 0) is 27.9 Å². The van der Waals surface area contributed by atoms with E-state index in [4.69, 9.17) is 13.8 Å². The van der Waals surface area contributed by atoms with E-state index >= 15 is 0 Å². The van der Waals surface area contributed by atoms with Gasteiger partial charge in [-0.25, -0.2) is 4.57 Å². The Morgan fingerprint density at radius 2 is 0.831 bits per heavy atom. The first-order valence-electron chi connectivity index (χ1n) is 31.9. The normalized spacial score (nSPS) is 14.2. The van der Waals surface area contributed by atoms with Gasteiger partial charge in [-0.3, -0.25) is 18.6 Å². The lowest BCUT2D eigenvalue weighted by molar-refractivity contribution is -0.870. The molecule has 0 aromatic rings. The number of ether oxygens (including phenoxy) is 1. The molecule has 0 heterocycles. The van der Waals surface area contributed by atoms with E-state index in [1.807, 2.05) is 33.3 Å². The first-order chi connectivity index (χ1) is 37.4. The molecule has 10 heteroatoms. The van der Waals surface area contributed by atoms with Gasteiger partial charge in [-0.05, 0) is 83.1 Å². The molecule has 3 unspecified atom stereocenters. The van der Waals surface area contributed by atoms with Gasteiger partial charge in [0.2, 0.25) is 5.91 Å². The van der Waals surface area contributed by atoms with Gasteiger partial charge in [-0.2, -0.15) is 0 Å². The van der Waals surface area contributed by atoms with E-state index in [1.165, 1.54) is 148 Å². The van der Waals surface area contributed by atoms with Crippen molar-refractivity contribution in [3.63, 3.8) is 0 Å². The Hall–Kier alpha value is -2.81. The minimum atomic E-state index is -4.46. The number of likely N-dealkylation sites (N-methyl/N-ethyl adjacent to an activating group) is 1. The van der Waals surface area contributed by atoms with E-state index in [2.05, 4.69) is 99.0 Å². The molecule has 0 saturated heterocycles. The number of unbranched alkanes of at least 4 members (excludes halogenated alkanes) is 29. The zero-order valence-corrected chi connectivity index (χ0v) is 51.8. The van der Waals surface area contributed by atoms with Crippen molar-refractivity contribution in [3.05, 3.63) is 85.1 Å². The molecule has 0 aliphatic rings. The van der Waals surface area contributed by atoms with Gasteiger partial charge >= 0.3 is 13.8 Å². The second-order valence-corrected chi connectivity index (χ2v) is 24.0. The molecule has 2 N–H and O–H groups in total. The number of nitrogens with one attached hydrogen (secondary N) is 1. The van der Waals surface area contributed by atoms with Gasteiger partial charge < -0.3 is 19.4 Å². The van der Waals surface area contributed by atoms with Gasteiger partial charge in [0.15, 0.2) is 0 Å². The van der Waals surface area contributed by atoms with Crippen molar-refractivity contribution in [3.8, 4) is 0 Å². The van der Waals surface area contributed by atoms with Crippen LogP contribution in [0.4, 0.5) is 0 Å². The topological polar surface area (TPSA) is 111 Å². The number of hydrogen-bond donors (Lipinski definition) is 2. The third-order valence-corrected chi connectivity index (χ3v) is 14.8. The molecule has 0 fully saturated rings. The fraction of sp³-hybridized carbons (Fsp3) is 0.761. The summed E-state index contributed by atoms with van der Waals surface area (Å²) in [7, 11) is 1.47. The van der Waals surface area contributed by atoms with Gasteiger partial charge in [-0.1, -0.05) is 267 Å². The summed E-state index contributed by atoms with van der Waals surface area (Å²) >= 11 is 0. The van der Waals surface area contributed by atoms with E-state index in [-0.39, 0.29) is 31.5 Å². The predicted molar refractivity (Wildman–Crippen MR) is 332 cm³/mol. The average molecular weight is 1100 g/mol. The number of rotatable bonds is 57. The maximum absolute atomic E-state index is 13.6. The van der Waals surface area contributed by atoms with Crippen molar-refractivity contribution in [1.82, 2.24) is 5.32 Å². The Morgan fingerprint density at radius 3 is 1.26 bits per heavy atom. The number of carbonyl (C=O) groups excluding carboxylic acids is 2. The van der Waals surface area contributed by atoms with Crippen molar-refractivity contribution < 1.29 is 37.3 Å². The fourth-order valence-electron chi connectivity index (χ4n) is 8.94. The second kappa shape index (κ2) is 56.5. The summed E-state index contributed by atoms with van der Waals surface area (Å²) in [6, 6.07) is -0.868. The number of esters is 1. The summed E-state index contributed by atoms with van der Waals surface area (Å²) in [6.45, 7) is 6.89. The second-order valence-electron chi connectivity index (χ2n) is 22.6. The summed E-state index contributed by atoms with van der Waals surface area (Å²) in [5.74, 6) is -0.551. The van der Waals surface area contributed by atoms with Crippen molar-refractivity contribution in [2.75, 3.05) is 40.9 Å². The van der Waals surface area contributed by atoms with Crippen molar-refractivity contribution in [1.29, 1.82) is 0 Å². The lowest BCUT2D eigenvalue weighted by atomic mass is 10.0. The van der Waals surface area contributed by atoms with Crippen LogP contribution in [0, 0.1) is 0 Å². The van der Waals surface area contributed by atoms with Crippen molar-refractivity contribution >= 4 is 19.7 Å². The molecular weight excluding hydrogens is 976 g/mol. The number of phosphoric acid groups is 1. The van der Waals surface area contributed by atoms with Gasteiger partial charge in [0.05, 0.1) is 33.8 Å². The molecule has 1 amide bonds. The molecule has 9 nitrogen and oxygen atoms in total. The van der Waals surface area contributed by atoms with Crippen LogP contribution >= 0.6 is 7.82 Å². The third-order valence-electron chi connectivity index (χ3n) is 13.8. The molecule has 0 rings (SSSR count). The van der Waals surface area contributed by atoms with Crippen LogP contribution in [0.1, 0.15) is 278 Å². The summed E-state index contributed by atoms with van der Waals surface area (Å²) in [5.41, 5.74) is 0. The maximum Gasteiger partial charge on any atom is 0.472 e. The lowest BCUT2D eigenvalue weighted by Gasteiger charge is -2.27. The monoisotopic (exact) mass is 1100 g/mol. The third kappa shape index (κ3) is 57.7. The maximum atomic E-state index is 13.6. The molecule has 0 spiro atoms. The molecule has 446 valence electrons. The minimum absolute atomic E-state index is 0.0312. The lowest BCUT2D eigenvalue weighted by Crippen LogP contribution is -2.47. The van der Waals surface area contributed by atoms with Crippen LogP contribution in [0.5, 0.6) is 0 Å². The van der Waals surface area contributed by atoms with E-state index in [0.717, 1.165) is 89.9 Å². The Kier molecular flexibility index (Phi) is 54.4.